The second-order valence-corrected chi connectivity index (χ2v) is 16.2. The van der Waals surface area contributed by atoms with E-state index >= 15 is 0 Å². The molecule has 0 saturated carbocycles. The van der Waals surface area contributed by atoms with E-state index in [-0.39, 0.29) is 0 Å². The van der Waals surface area contributed by atoms with Gasteiger partial charge in [0.1, 0.15) is 5.69 Å². The molecular weight excluding hydrogens is 753 g/mol. The lowest BCUT2D eigenvalue weighted by atomic mass is 9.97. The molecule has 0 aliphatic heterocycles. The first-order chi connectivity index (χ1) is 30.7. The van der Waals surface area contributed by atoms with Gasteiger partial charge in [0, 0.05) is 32.8 Å². The van der Waals surface area contributed by atoms with Crippen LogP contribution in [0.4, 0.5) is 0 Å². The molecule has 0 aliphatic rings. The van der Waals surface area contributed by atoms with Crippen molar-refractivity contribution in [3.8, 4) is 45.0 Å². The number of hydrogen-bond donors (Lipinski definition) is 0. The summed E-state index contributed by atoms with van der Waals surface area (Å²) in [6.45, 7) is 0. The highest BCUT2D eigenvalue weighted by atomic mass is 15.1. The van der Waals surface area contributed by atoms with E-state index in [0.29, 0.717) is 0 Å². The van der Waals surface area contributed by atoms with Gasteiger partial charge >= 0.3 is 0 Å². The molecule has 3 aromatic heterocycles. The van der Waals surface area contributed by atoms with Gasteiger partial charge in [-0.1, -0.05) is 158 Å². The molecule has 0 amide bonds. The van der Waals surface area contributed by atoms with E-state index in [1.807, 2.05) is 12.1 Å². The van der Waals surface area contributed by atoms with Crippen LogP contribution in [0.5, 0.6) is 0 Å². The third-order valence-electron chi connectivity index (χ3n) is 12.7. The van der Waals surface area contributed by atoms with Crippen molar-refractivity contribution in [2.24, 2.45) is 0 Å². The van der Waals surface area contributed by atoms with E-state index in [1.165, 1.54) is 65.4 Å². The van der Waals surface area contributed by atoms with E-state index < -0.39 is 0 Å². The minimum Gasteiger partial charge on any atom is -0.309 e. The molecule has 288 valence electrons. The van der Waals surface area contributed by atoms with Crippen molar-refractivity contribution in [3.63, 3.8) is 0 Å². The average molecular weight is 789 g/mol. The molecule has 0 radical (unpaired) electrons. The van der Waals surface area contributed by atoms with Crippen molar-refractivity contribution in [2.45, 2.75) is 0 Å². The summed E-state index contributed by atoms with van der Waals surface area (Å²) >= 11 is 0. The predicted molar refractivity (Wildman–Crippen MR) is 260 cm³/mol. The van der Waals surface area contributed by atoms with Crippen LogP contribution < -0.4 is 0 Å². The smallest absolute Gasteiger partial charge is 0.165 e. The molecule has 0 atom stereocenters. The quantitative estimate of drug-likeness (QED) is 0.174. The average Bonchev–Trinajstić information content (AvgIpc) is 3.87. The SMILES string of the molecule is c1ccc(-c2ccc3cc(-c4nc5ccccc5nc4-n4c5cc(-c6cccc7c6c6ccccc6n7-c6ccccc6)ccc5c5c6ccccc6ccc54)ccc3c2)cc1. The first kappa shape index (κ1) is 34.5. The standard InChI is InChI=1S/C58H36N4/c1-3-14-37(15-4-1)39-26-27-41-35-43(29-28-40(41)34-39)57-58(60-50-23-11-10-22-49(50)59-57)62-53-33-31-38-16-7-8-19-45(38)55(53)48-32-30-42(36-54(48)62)46-21-13-25-52-56(46)47-20-9-12-24-51(47)61(52)44-17-5-2-6-18-44/h1-36H. The normalized spacial score (nSPS) is 11.9. The van der Waals surface area contributed by atoms with Crippen molar-refractivity contribution < 1.29 is 0 Å². The van der Waals surface area contributed by atoms with Crippen LogP contribution in [0.15, 0.2) is 218 Å². The van der Waals surface area contributed by atoms with Crippen LogP contribution in [0.2, 0.25) is 0 Å². The molecule has 13 rings (SSSR count). The summed E-state index contributed by atoms with van der Waals surface area (Å²) in [5.41, 5.74) is 14.0. The maximum absolute atomic E-state index is 5.54. The Morgan fingerprint density at radius 3 is 1.76 bits per heavy atom. The Hall–Kier alpha value is -8.34. The maximum atomic E-state index is 5.54. The summed E-state index contributed by atoms with van der Waals surface area (Å²) < 4.78 is 4.75. The first-order valence-electron chi connectivity index (χ1n) is 21.2. The highest BCUT2D eigenvalue weighted by molar-refractivity contribution is 6.23. The lowest BCUT2D eigenvalue weighted by Gasteiger charge is -2.15. The number of nitrogens with zero attached hydrogens (tertiary/aromatic N) is 4. The molecule has 0 spiro atoms. The highest BCUT2D eigenvalue weighted by Crippen LogP contribution is 2.43. The van der Waals surface area contributed by atoms with Crippen molar-refractivity contribution >= 4 is 76.2 Å². The molecule has 0 aliphatic carbocycles. The van der Waals surface area contributed by atoms with E-state index in [0.717, 1.165) is 55.8 Å². The molecular formula is C58H36N4. The third kappa shape index (κ3) is 5.27. The molecule has 0 fully saturated rings. The van der Waals surface area contributed by atoms with Gasteiger partial charge in [-0.3, -0.25) is 4.57 Å². The Morgan fingerprint density at radius 2 is 0.919 bits per heavy atom. The van der Waals surface area contributed by atoms with Crippen molar-refractivity contribution in [3.05, 3.63) is 218 Å². The van der Waals surface area contributed by atoms with Crippen molar-refractivity contribution in [1.82, 2.24) is 19.1 Å². The molecule has 0 bridgehead atoms. The summed E-state index contributed by atoms with van der Waals surface area (Å²) in [5, 5.41) is 9.59. The van der Waals surface area contributed by atoms with Gasteiger partial charge < -0.3 is 4.57 Å². The summed E-state index contributed by atoms with van der Waals surface area (Å²) in [7, 11) is 0. The first-order valence-corrected chi connectivity index (χ1v) is 21.2. The topological polar surface area (TPSA) is 35.6 Å². The van der Waals surface area contributed by atoms with Crippen molar-refractivity contribution in [2.75, 3.05) is 0 Å². The molecule has 4 nitrogen and oxygen atoms in total. The zero-order valence-corrected chi connectivity index (χ0v) is 33.6. The second-order valence-electron chi connectivity index (χ2n) is 16.2. The summed E-state index contributed by atoms with van der Waals surface area (Å²) in [5.74, 6) is 0.801. The van der Waals surface area contributed by atoms with E-state index in [4.69, 9.17) is 9.97 Å². The third-order valence-corrected chi connectivity index (χ3v) is 12.7. The maximum Gasteiger partial charge on any atom is 0.165 e. The van der Waals surface area contributed by atoms with Gasteiger partial charge in [0.2, 0.25) is 0 Å². The Balaban J connectivity index is 1.09. The van der Waals surface area contributed by atoms with Crippen LogP contribution in [0, 0.1) is 0 Å². The zero-order valence-electron chi connectivity index (χ0n) is 33.6. The van der Waals surface area contributed by atoms with E-state index in [2.05, 4.69) is 215 Å². The van der Waals surface area contributed by atoms with Crippen LogP contribution >= 0.6 is 0 Å². The lowest BCUT2D eigenvalue weighted by molar-refractivity contribution is 1.08. The Bertz CT molecular complexity index is 3920. The van der Waals surface area contributed by atoms with Gasteiger partial charge in [-0.15, -0.1) is 0 Å². The number of benzene rings is 10. The zero-order chi connectivity index (χ0) is 40.7. The number of aromatic nitrogens is 4. The molecule has 10 aromatic carbocycles. The molecule has 13 aromatic rings. The number of para-hydroxylation sites is 4. The minimum absolute atomic E-state index is 0.801. The predicted octanol–water partition coefficient (Wildman–Crippen LogP) is 15.1. The van der Waals surface area contributed by atoms with Gasteiger partial charge in [0.05, 0.1) is 33.1 Å². The summed E-state index contributed by atoms with van der Waals surface area (Å²) in [4.78, 5) is 11.0. The monoisotopic (exact) mass is 788 g/mol. The van der Waals surface area contributed by atoms with Crippen LogP contribution in [0.25, 0.3) is 121 Å². The van der Waals surface area contributed by atoms with Gasteiger partial charge in [0.15, 0.2) is 5.82 Å². The Kier molecular flexibility index (Phi) is 7.57. The number of hydrogen-bond acceptors (Lipinski definition) is 2. The van der Waals surface area contributed by atoms with E-state index in [1.54, 1.807) is 0 Å². The van der Waals surface area contributed by atoms with Gasteiger partial charge in [-0.2, -0.15) is 0 Å². The van der Waals surface area contributed by atoms with E-state index in [9.17, 15) is 0 Å². The fraction of sp³-hybridized carbons (Fsp3) is 0. The number of rotatable bonds is 5. The fourth-order valence-corrected chi connectivity index (χ4v) is 9.84. The minimum atomic E-state index is 0.801. The molecule has 0 unspecified atom stereocenters. The van der Waals surface area contributed by atoms with Crippen LogP contribution in [0.1, 0.15) is 0 Å². The molecule has 3 heterocycles. The highest BCUT2D eigenvalue weighted by Gasteiger charge is 2.23. The number of fused-ring (bicyclic) bond motifs is 10. The second kappa shape index (κ2) is 13.6. The lowest BCUT2D eigenvalue weighted by Crippen LogP contribution is -2.04. The van der Waals surface area contributed by atoms with Crippen LogP contribution in [-0.2, 0) is 0 Å². The van der Waals surface area contributed by atoms with Crippen LogP contribution in [-0.4, -0.2) is 19.1 Å². The van der Waals surface area contributed by atoms with Gasteiger partial charge in [0.25, 0.3) is 0 Å². The molecule has 4 heteroatoms. The van der Waals surface area contributed by atoms with Gasteiger partial charge in [-0.05, 0) is 104 Å². The van der Waals surface area contributed by atoms with Gasteiger partial charge in [-0.25, -0.2) is 9.97 Å². The summed E-state index contributed by atoms with van der Waals surface area (Å²) in [6, 6.07) is 78.6. The van der Waals surface area contributed by atoms with Crippen molar-refractivity contribution in [1.29, 1.82) is 0 Å². The Labute approximate surface area is 357 Å². The largest absolute Gasteiger partial charge is 0.309 e. The molecule has 0 N–H and O–H groups in total. The molecule has 62 heavy (non-hydrogen) atoms. The Morgan fingerprint density at radius 1 is 0.306 bits per heavy atom. The fourth-order valence-electron chi connectivity index (χ4n) is 9.84. The molecule has 0 saturated heterocycles. The van der Waals surface area contributed by atoms with Crippen LogP contribution in [0.3, 0.4) is 0 Å². The summed E-state index contributed by atoms with van der Waals surface area (Å²) in [6.07, 6.45) is 0.